The van der Waals surface area contributed by atoms with Crippen LogP contribution in [-0.4, -0.2) is 16.1 Å². The van der Waals surface area contributed by atoms with E-state index in [1.165, 1.54) is 4.90 Å². The van der Waals surface area contributed by atoms with Crippen LogP contribution in [0.3, 0.4) is 0 Å². The Kier molecular flexibility index (Phi) is 4.30. The Morgan fingerprint density at radius 1 is 1.18 bits per heavy atom. The molecule has 4 rings (SSSR count). The Bertz CT molecular complexity index is 1130. The van der Waals surface area contributed by atoms with E-state index in [0.717, 1.165) is 11.1 Å². The van der Waals surface area contributed by atoms with Gasteiger partial charge in [-0.05, 0) is 47.9 Å². The highest BCUT2D eigenvalue weighted by molar-refractivity contribution is 9.10. The molecular weight excluding hydrogens is 433 g/mol. The van der Waals surface area contributed by atoms with Crippen molar-refractivity contribution in [1.82, 2.24) is 9.88 Å². The maximum absolute atomic E-state index is 14.5. The van der Waals surface area contributed by atoms with Gasteiger partial charge in [-0.1, -0.05) is 22.0 Å². The minimum Gasteiger partial charge on any atom is -0.361 e. The van der Waals surface area contributed by atoms with E-state index in [-0.39, 0.29) is 18.7 Å². The number of hydrogen-bond acceptors (Lipinski definition) is 3. The van der Waals surface area contributed by atoms with Crippen molar-refractivity contribution < 1.29 is 13.2 Å². The largest absolute Gasteiger partial charge is 0.424 e. The number of benzene rings is 2. The summed E-state index contributed by atoms with van der Waals surface area (Å²) in [6, 6.07) is 10.2. The van der Waals surface area contributed by atoms with Crippen LogP contribution in [0, 0.1) is 18.3 Å². The number of H-pyrrole nitrogens is 1. The predicted octanol–water partition coefficient (Wildman–Crippen LogP) is 4.80. The highest BCUT2D eigenvalue weighted by atomic mass is 79.9. The third kappa shape index (κ3) is 2.65. The normalized spacial score (nSPS) is 16.8. The Morgan fingerprint density at radius 2 is 1.89 bits per heavy atom. The molecule has 1 unspecified atom stereocenters. The van der Waals surface area contributed by atoms with E-state index >= 15 is 0 Å². The number of nitrogens with zero attached hydrogens (tertiary/aromatic N) is 2. The lowest BCUT2D eigenvalue weighted by Gasteiger charge is -2.41. The fraction of sp³-hybridized carbons (Fsp3) is 0.250. The Balaban J connectivity index is 1.91. The fourth-order valence-corrected chi connectivity index (χ4v) is 4.81. The zero-order chi connectivity index (χ0) is 20.3. The molecule has 0 saturated carbocycles. The number of hydrogen-bond donors (Lipinski definition) is 2. The van der Waals surface area contributed by atoms with Crippen LogP contribution >= 0.6 is 15.9 Å². The summed E-state index contributed by atoms with van der Waals surface area (Å²) in [5.74, 6) is 0. The average molecular weight is 449 g/mol. The van der Waals surface area contributed by atoms with Crippen LogP contribution in [0.15, 0.2) is 41.0 Å². The number of alkyl halides is 3. The first-order valence-electron chi connectivity index (χ1n) is 8.56. The van der Waals surface area contributed by atoms with Crippen LogP contribution in [0.2, 0.25) is 0 Å². The molecule has 3 N–H and O–H groups in total. The predicted molar refractivity (Wildman–Crippen MR) is 103 cm³/mol. The van der Waals surface area contributed by atoms with Crippen molar-refractivity contribution >= 4 is 26.8 Å². The minimum atomic E-state index is -4.73. The SMILES string of the molecule is Cc1cc(Br)c(C(N)(N2Cc3ccc(C#N)cc3C2)C(F)(F)F)c2cc[nH]c12. The van der Waals surface area contributed by atoms with Crippen LogP contribution in [0.1, 0.15) is 27.8 Å². The first kappa shape index (κ1) is 19.0. The van der Waals surface area contributed by atoms with Gasteiger partial charge in [0, 0.05) is 40.2 Å². The fourth-order valence-electron chi connectivity index (χ4n) is 3.95. The molecular formula is C20H16BrF3N4. The second-order valence-corrected chi connectivity index (χ2v) is 7.89. The van der Waals surface area contributed by atoms with Crippen molar-refractivity contribution in [2.45, 2.75) is 31.9 Å². The van der Waals surface area contributed by atoms with Crippen molar-refractivity contribution in [3.63, 3.8) is 0 Å². The van der Waals surface area contributed by atoms with Crippen LogP contribution in [0.25, 0.3) is 10.9 Å². The van der Waals surface area contributed by atoms with Gasteiger partial charge in [0.15, 0.2) is 5.66 Å². The number of nitrogens with one attached hydrogen (secondary N) is 1. The summed E-state index contributed by atoms with van der Waals surface area (Å²) in [5.41, 5.74) is 6.79. The molecule has 2 heterocycles. The molecule has 1 aromatic heterocycles. The number of halogens is 4. The van der Waals surface area contributed by atoms with Gasteiger partial charge in [-0.15, -0.1) is 0 Å². The standard InChI is InChI=1S/C20H16BrF3N4/c1-11-6-16(21)17(15-4-5-27-18(11)15)19(26,20(22,23)24)28-9-13-3-2-12(8-25)7-14(13)10-28/h2-7,27H,9-10,26H2,1H3. The molecule has 0 amide bonds. The van der Waals surface area contributed by atoms with Gasteiger partial charge in [-0.2, -0.15) is 18.4 Å². The third-order valence-corrected chi connectivity index (χ3v) is 5.99. The highest BCUT2D eigenvalue weighted by Gasteiger charge is 2.59. The lowest BCUT2D eigenvalue weighted by atomic mass is 9.92. The van der Waals surface area contributed by atoms with Crippen molar-refractivity contribution in [1.29, 1.82) is 5.26 Å². The average Bonchev–Trinajstić information content (AvgIpc) is 3.26. The van der Waals surface area contributed by atoms with Gasteiger partial charge in [-0.3, -0.25) is 4.90 Å². The molecule has 0 saturated heterocycles. The third-order valence-electron chi connectivity index (χ3n) is 5.36. The lowest BCUT2D eigenvalue weighted by Crippen LogP contribution is -2.61. The molecule has 28 heavy (non-hydrogen) atoms. The molecule has 4 nitrogen and oxygen atoms in total. The molecule has 8 heteroatoms. The summed E-state index contributed by atoms with van der Waals surface area (Å²) in [6.07, 6.45) is -3.11. The zero-order valence-corrected chi connectivity index (χ0v) is 16.4. The van der Waals surface area contributed by atoms with Gasteiger partial charge in [0.05, 0.1) is 11.6 Å². The number of nitriles is 1. The lowest BCUT2D eigenvalue weighted by molar-refractivity contribution is -0.239. The van der Waals surface area contributed by atoms with Crippen molar-refractivity contribution in [3.05, 3.63) is 68.8 Å². The van der Waals surface area contributed by atoms with E-state index in [1.54, 1.807) is 36.5 Å². The molecule has 0 radical (unpaired) electrons. The quantitative estimate of drug-likeness (QED) is 0.591. The zero-order valence-electron chi connectivity index (χ0n) is 14.9. The summed E-state index contributed by atoms with van der Waals surface area (Å²) in [4.78, 5) is 4.23. The molecule has 3 aromatic rings. The van der Waals surface area contributed by atoms with Crippen LogP contribution in [-0.2, 0) is 18.8 Å². The minimum absolute atomic E-state index is 0.00704. The van der Waals surface area contributed by atoms with E-state index < -0.39 is 11.8 Å². The topological polar surface area (TPSA) is 68.8 Å². The number of aryl methyl sites for hydroxylation is 1. The Hall–Kier alpha value is -2.34. The Morgan fingerprint density at radius 3 is 2.57 bits per heavy atom. The second kappa shape index (κ2) is 6.34. The summed E-state index contributed by atoms with van der Waals surface area (Å²) >= 11 is 3.32. The smallest absolute Gasteiger partial charge is 0.361 e. The summed E-state index contributed by atoms with van der Waals surface area (Å²) in [6.45, 7) is 1.88. The van der Waals surface area contributed by atoms with E-state index in [0.29, 0.717) is 26.5 Å². The molecule has 0 bridgehead atoms. The van der Waals surface area contributed by atoms with E-state index in [4.69, 9.17) is 11.0 Å². The molecule has 1 aliphatic rings. The molecule has 0 fully saturated rings. The molecule has 144 valence electrons. The van der Waals surface area contributed by atoms with Gasteiger partial charge in [-0.25, -0.2) is 0 Å². The van der Waals surface area contributed by atoms with Crippen LogP contribution in [0.4, 0.5) is 13.2 Å². The number of rotatable bonds is 2. The first-order valence-corrected chi connectivity index (χ1v) is 9.35. The van der Waals surface area contributed by atoms with Crippen LogP contribution < -0.4 is 5.73 Å². The van der Waals surface area contributed by atoms with E-state index in [1.807, 2.05) is 13.0 Å². The summed E-state index contributed by atoms with van der Waals surface area (Å²) in [7, 11) is 0. The van der Waals surface area contributed by atoms with Gasteiger partial charge in [0.1, 0.15) is 0 Å². The van der Waals surface area contributed by atoms with Crippen molar-refractivity contribution in [3.8, 4) is 6.07 Å². The number of aromatic amines is 1. The molecule has 2 aromatic carbocycles. The Labute approximate surface area is 167 Å². The number of nitrogens with two attached hydrogens (primary N) is 1. The maximum atomic E-state index is 14.5. The van der Waals surface area contributed by atoms with Gasteiger partial charge < -0.3 is 10.7 Å². The first-order chi connectivity index (χ1) is 13.2. The van der Waals surface area contributed by atoms with Crippen LogP contribution in [0.5, 0.6) is 0 Å². The number of fused-ring (bicyclic) bond motifs is 2. The highest BCUT2D eigenvalue weighted by Crippen LogP contribution is 2.48. The van der Waals surface area contributed by atoms with Gasteiger partial charge in [0.25, 0.3) is 0 Å². The van der Waals surface area contributed by atoms with Gasteiger partial charge in [0.2, 0.25) is 0 Å². The van der Waals surface area contributed by atoms with E-state index in [9.17, 15) is 13.2 Å². The maximum Gasteiger partial charge on any atom is 0.424 e. The van der Waals surface area contributed by atoms with Crippen molar-refractivity contribution in [2.24, 2.45) is 5.73 Å². The molecule has 1 atom stereocenters. The molecule has 1 aliphatic heterocycles. The molecule has 0 spiro atoms. The van der Waals surface area contributed by atoms with Crippen molar-refractivity contribution in [2.75, 3.05) is 0 Å². The van der Waals surface area contributed by atoms with E-state index in [2.05, 4.69) is 20.9 Å². The molecule has 0 aliphatic carbocycles. The number of aromatic nitrogens is 1. The monoisotopic (exact) mass is 448 g/mol. The summed E-state index contributed by atoms with van der Waals surface area (Å²) < 4.78 is 43.7. The summed E-state index contributed by atoms with van der Waals surface area (Å²) in [5, 5.41) is 9.51. The van der Waals surface area contributed by atoms with Gasteiger partial charge >= 0.3 is 6.18 Å². The second-order valence-electron chi connectivity index (χ2n) is 7.03.